The van der Waals surface area contributed by atoms with Crippen LogP contribution in [-0.4, -0.2) is 4.57 Å². The van der Waals surface area contributed by atoms with E-state index in [9.17, 15) is 0 Å². The molecule has 0 fully saturated rings. The Labute approximate surface area is 336 Å². The molecular formula is C56H36N2. The quantitative estimate of drug-likeness (QED) is 0.160. The first-order valence-corrected chi connectivity index (χ1v) is 20.0. The second kappa shape index (κ2) is 12.9. The number of aromatic nitrogens is 1. The van der Waals surface area contributed by atoms with Gasteiger partial charge in [0.05, 0.1) is 16.7 Å². The van der Waals surface area contributed by atoms with Crippen LogP contribution >= 0.6 is 0 Å². The molecule has 0 saturated heterocycles. The fourth-order valence-corrected chi connectivity index (χ4v) is 9.57. The van der Waals surface area contributed by atoms with Gasteiger partial charge < -0.3 is 9.47 Å². The first kappa shape index (κ1) is 32.6. The van der Waals surface area contributed by atoms with Crippen LogP contribution in [-0.2, 0) is 0 Å². The van der Waals surface area contributed by atoms with E-state index >= 15 is 0 Å². The summed E-state index contributed by atoms with van der Waals surface area (Å²) in [5.74, 6) is 0. The zero-order valence-corrected chi connectivity index (χ0v) is 31.7. The predicted molar refractivity (Wildman–Crippen MR) is 248 cm³/mol. The number of para-hydroxylation sites is 1. The van der Waals surface area contributed by atoms with Crippen LogP contribution in [0.3, 0.4) is 0 Å². The Morgan fingerprint density at radius 2 is 0.828 bits per heavy atom. The van der Waals surface area contributed by atoms with Crippen molar-refractivity contribution >= 4 is 92.7 Å². The van der Waals surface area contributed by atoms with Crippen molar-refractivity contribution in [2.75, 3.05) is 4.90 Å². The van der Waals surface area contributed by atoms with E-state index in [1.807, 2.05) is 0 Å². The van der Waals surface area contributed by atoms with Gasteiger partial charge in [-0.15, -0.1) is 0 Å². The molecule has 0 amide bonds. The molecule has 1 aromatic heterocycles. The van der Waals surface area contributed by atoms with Gasteiger partial charge in [0.25, 0.3) is 0 Å². The van der Waals surface area contributed by atoms with E-state index in [1.54, 1.807) is 0 Å². The number of anilines is 3. The van der Waals surface area contributed by atoms with Crippen molar-refractivity contribution in [3.05, 3.63) is 218 Å². The Bertz CT molecular complexity index is 3520. The lowest BCUT2D eigenvalue weighted by Crippen LogP contribution is -2.10. The molecule has 11 aromatic carbocycles. The van der Waals surface area contributed by atoms with Crippen LogP contribution in [0.5, 0.6) is 0 Å². The van der Waals surface area contributed by atoms with Crippen LogP contribution < -0.4 is 4.90 Å². The lowest BCUT2D eigenvalue weighted by Gasteiger charge is -2.26. The van der Waals surface area contributed by atoms with Crippen LogP contribution in [0.2, 0.25) is 0 Å². The molecule has 1 heterocycles. The van der Waals surface area contributed by atoms with Gasteiger partial charge in [-0.1, -0.05) is 170 Å². The lowest BCUT2D eigenvalue weighted by atomic mass is 9.94. The molecule has 0 spiro atoms. The highest BCUT2D eigenvalue weighted by Crippen LogP contribution is 2.47. The highest BCUT2D eigenvalue weighted by Gasteiger charge is 2.23. The molecule has 0 atom stereocenters. The van der Waals surface area contributed by atoms with Gasteiger partial charge in [-0.2, -0.15) is 0 Å². The first-order chi connectivity index (χ1) is 28.8. The molecule has 2 nitrogen and oxygen atoms in total. The third-order valence-electron chi connectivity index (χ3n) is 12.1. The molecule has 0 N–H and O–H groups in total. The van der Waals surface area contributed by atoms with Crippen LogP contribution in [0.1, 0.15) is 0 Å². The first-order valence-electron chi connectivity index (χ1n) is 20.0. The van der Waals surface area contributed by atoms with Crippen LogP contribution in [0.4, 0.5) is 17.1 Å². The molecule has 0 saturated carbocycles. The van der Waals surface area contributed by atoms with Gasteiger partial charge >= 0.3 is 0 Å². The number of nitrogens with zero attached hydrogens (tertiary/aromatic N) is 2. The average Bonchev–Trinajstić information content (AvgIpc) is 3.64. The molecule has 58 heavy (non-hydrogen) atoms. The number of benzene rings is 11. The van der Waals surface area contributed by atoms with Crippen LogP contribution in [0, 0.1) is 0 Å². The smallest absolute Gasteiger partial charge is 0.0625 e. The molecule has 2 heteroatoms. The summed E-state index contributed by atoms with van der Waals surface area (Å²) in [6.45, 7) is 0. The van der Waals surface area contributed by atoms with E-state index in [1.165, 1.54) is 87.0 Å². The van der Waals surface area contributed by atoms with Gasteiger partial charge in [0.1, 0.15) is 0 Å². The molecule has 0 aliphatic rings. The van der Waals surface area contributed by atoms with Crippen molar-refractivity contribution < 1.29 is 0 Å². The van der Waals surface area contributed by atoms with Gasteiger partial charge in [-0.3, -0.25) is 0 Å². The van der Waals surface area contributed by atoms with Crippen molar-refractivity contribution in [2.24, 2.45) is 0 Å². The second-order valence-electron chi connectivity index (χ2n) is 15.3. The minimum absolute atomic E-state index is 1.10. The zero-order chi connectivity index (χ0) is 38.2. The minimum Gasteiger partial charge on any atom is -0.310 e. The number of fused-ring (bicyclic) bond motifs is 12. The fourth-order valence-electron chi connectivity index (χ4n) is 9.57. The summed E-state index contributed by atoms with van der Waals surface area (Å²) in [6, 6.07) is 80.1. The van der Waals surface area contributed by atoms with Crippen molar-refractivity contribution in [3.63, 3.8) is 0 Å². The summed E-state index contributed by atoms with van der Waals surface area (Å²) in [5, 5.41) is 15.0. The minimum atomic E-state index is 1.10. The molecule has 0 bridgehead atoms. The molecular weight excluding hydrogens is 701 g/mol. The summed E-state index contributed by atoms with van der Waals surface area (Å²) in [6.07, 6.45) is 0. The third kappa shape index (κ3) is 4.92. The van der Waals surface area contributed by atoms with Crippen molar-refractivity contribution in [1.29, 1.82) is 0 Å². The van der Waals surface area contributed by atoms with Gasteiger partial charge in [0.15, 0.2) is 0 Å². The average molecular weight is 737 g/mol. The Hall–Kier alpha value is -7.68. The van der Waals surface area contributed by atoms with Crippen molar-refractivity contribution in [2.45, 2.75) is 0 Å². The molecule has 0 aliphatic carbocycles. The molecule has 12 aromatic rings. The summed E-state index contributed by atoms with van der Waals surface area (Å²) < 4.78 is 2.54. The summed E-state index contributed by atoms with van der Waals surface area (Å²) in [5.41, 5.74) is 9.31. The van der Waals surface area contributed by atoms with E-state index in [-0.39, 0.29) is 0 Å². The van der Waals surface area contributed by atoms with Gasteiger partial charge in [-0.25, -0.2) is 0 Å². The van der Waals surface area contributed by atoms with E-state index in [0.29, 0.717) is 0 Å². The van der Waals surface area contributed by atoms with E-state index in [2.05, 4.69) is 228 Å². The van der Waals surface area contributed by atoms with Crippen LogP contribution in [0.25, 0.3) is 92.5 Å². The number of hydrogen-bond acceptors (Lipinski definition) is 1. The van der Waals surface area contributed by atoms with E-state index < -0.39 is 0 Å². The normalized spacial score (nSPS) is 11.8. The van der Waals surface area contributed by atoms with Crippen molar-refractivity contribution in [1.82, 2.24) is 4.57 Å². The fraction of sp³-hybridized carbons (Fsp3) is 0. The van der Waals surface area contributed by atoms with Gasteiger partial charge in [0, 0.05) is 38.6 Å². The van der Waals surface area contributed by atoms with Crippen molar-refractivity contribution in [3.8, 4) is 16.8 Å². The summed E-state index contributed by atoms with van der Waals surface area (Å²) >= 11 is 0. The highest BCUT2D eigenvalue weighted by atomic mass is 15.1. The SMILES string of the molecule is c1ccc(-c2cc3ccccc3c3c2c2ccc(N(c4ccccc4)c4ccc5c6ccccc6c6ccccc6c5c4)cc2n3-c2cccc3ccccc23)cc1. The maximum absolute atomic E-state index is 2.54. The monoisotopic (exact) mass is 736 g/mol. The van der Waals surface area contributed by atoms with Crippen LogP contribution in [0.15, 0.2) is 218 Å². The molecule has 0 aliphatic heterocycles. The van der Waals surface area contributed by atoms with E-state index in [0.717, 1.165) is 22.6 Å². The lowest BCUT2D eigenvalue weighted by molar-refractivity contribution is 1.20. The molecule has 0 radical (unpaired) electrons. The van der Waals surface area contributed by atoms with Gasteiger partial charge in [0.2, 0.25) is 0 Å². The second-order valence-corrected chi connectivity index (χ2v) is 15.3. The molecule has 12 rings (SSSR count). The standard InChI is InChI=1S/C56H36N2/c1-3-16-38(17-4-1)51-34-39-19-8-10-24-44(39)56-55(51)50-33-31-42(36-54(50)58(56)53-29-15-20-37-18-7-9-23-43(37)53)57(40-21-5-2-6-22-40)41-30-32-49-47-27-12-11-25-45(47)46-26-13-14-28-48(46)52(49)35-41/h1-36H. The topological polar surface area (TPSA) is 8.17 Å². The Morgan fingerprint density at radius 3 is 1.53 bits per heavy atom. The largest absolute Gasteiger partial charge is 0.310 e. The Balaban J connectivity index is 1.20. The van der Waals surface area contributed by atoms with E-state index in [4.69, 9.17) is 0 Å². The highest BCUT2D eigenvalue weighted by molar-refractivity contribution is 6.27. The predicted octanol–water partition coefficient (Wildman–Crippen LogP) is 15.7. The summed E-state index contributed by atoms with van der Waals surface area (Å²) in [4.78, 5) is 2.42. The summed E-state index contributed by atoms with van der Waals surface area (Å²) in [7, 11) is 0. The zero-order valence-electron chi connectivity index (χ0n) is 31.7. The van der Waals surface area contributed by atoms with Gasteiger partial charge in [-0.05, 0) is 103 Å². The molecule has 270 valence electrons. The number of rotatable bonds is 5. The maximum atomic E-state index is 2.54. The molecule has 0 unspecified atom stereocenters. The third-order valence-corrected chi connectivity index (χ3v) is 12.1. The number of hydrogen-bond donors (Lipinski definition) is 0. The Kier molecular flexibility index (Phi) is 7.26. The Morgan fingerprint density at radius 1 is 0.310 bits per heavy atom. The maximum Gasteiger partial charge on any atom is 0.0625 e.